The number of rotatable bonds is 4. The first-order chi connectivity index (χ1) is 5.38. The molecule has 64 valence electrons. The van der Waals surface area contributed by atoms with Gasteiger partial charge >= 0.3 is 0 Å². The van der Waals surface area contributed by atoms with Gasteiger partial charge in [0.15, 0.2) is 0 Å². The maximum Gasteiger partial charge on any atom is 0.0853 e. The summed E-state index contributed by atoms with van der Waals surface area (Å²) in [5.41, 5.74) is 0. The molecule has 3 heteroatoms. The predicted octanol–water partition coefficient (Wildman–Crippen LogP) is 0.491. The molecule has 0 amide bonds. The van der Waals surface area contributed by atoms with Gasteiger partial charge in [0.2, 0.25) is 0 Å². The van der Waals surface area contributed by atoms with Crippen LogP contribution >= 0.6 is 0 Å². The van der Waals surface area contributed by atoms with Gasteiger partial charge in [-0.05, 0) is 12.8 Å². The van der Waals surface area contributed by atoms with Gasteiger partial charge in [-0.1, -0.05) is 6.92 Å². The molecule has 1 atom stereocenters. The summed E-state index contributed by atoms with van der Waals surface area (Å²) in [6.07, 6.45) is 3.86. The zero-order chi connectivity index (χ0) is 8.10. The summed E-state index contributed by atoms with van der Waals surface area (Å²) >= 11 is 0. The summed E-state index contributed by atoms with van der Waals surface area (Å²) < 4.78 is 0. The molecule has 1 N–H and O–H groups in total. The molecule has 11 heavy (non-hydrogen) atoms. The molecule has 0 aromatic heterocycles. The van der Waals surface area contributed by atoms with Crippen molar-refractivity contribution in [1.82, 2.24) is 4.90 Å². The SMILES string of the molecule is CCC(CCO)N1C=NCC1. The zero-order valence-corrected chi connectivity index (χ0v) is 7.03. The van der Waals surface area contributed by atoms with E-state index in [2.05, 4.69) is 16.8 Å². The molecule has 3 nitrogen and oxygen atoms in total. The highest BCUT2D eigenvalue weighted by atomic mass is 16.3. The highest BCUT2D eigenvalue weighted by Gasteiger charge is 2.15. The fourth-order valence-electron chi connectivity index (χ4n) is 1.42. The van der Waals surface area contributed by atoms with Gasteiger partial charge in [-0.15, -0.1) is 0 Å². The molecule has 0 bridgehead atoms. The largest absolute Gasteiger partial charge is 0.396 e. The van der Waals surface area contributed by atoms with E-state index in [0.717, 1.165) is 25.9 Å². The normalized spacial score (nSPS) is 19.3. The maximum atomic E-state index is 8.76. The van der Waals surface area contributed by atoms with Crippen LogP contribution in [0.5, 0.6) is 0 Å². The van der Waals surface area contributed by atoms with Crippen molar-refractivity contribution in [3.8, 4) is 0 Å². The third-order valence-corrected chi connectivity index (χ3v) is 2.12. The molecule has 1 rings (SSSR count). The Morgan fingerprint density at radius 2 is 2.55 bits per heavy atom. The van der Waals surface area contributed by atoms with Crippen LogP contribution in [0.1, 0.15) is 19.8 Å². The van der Waals surface area contributed by atoms with E-state index >= 15 is 0 Å². The van der Waals surface area contributed by atoms with Crippen LogP contribution < -0.4 is 0 Å². The van der Waals surface area contributed by atoms with Gasteiger partial charge < -0.3 is 10.0 Å². The first kappa shape index (κ1) is 8.53. The number of hydrogen-bond acceptors (Lipinski definition) is 3. The van der Waals surface area contributed by atoms with Gasteiger partial charge in [0, 0.05) is 19.2 Å². The Bertz CT molecular complexity index is 136. The van der Waals surface area contributed by atoms with E-state index in [1.807, 2.05) is 6.34 Å². The van der Waals surface area contributed by atoms with Crippen molar-refractivity contribution in [3.63, 3.8) is 0 Å². The van der Waals surface area contributed by atoms with Gasteiger partial charge in [0.25, 0.3) is 0 Å². The van der Waals surface area contributed by atoms with Crippen molar-refractivity contribution in [2.24, 2.45) is 4.99 Å². The molecule has 0 saturated heterocycles. The summed E-state index contributed by atoms with van der Waals surface area (Å²) in [5.74, 6) is 0. The third kappa shape index (κ3) is 2.19. The summed E-state index contributed by atoms with van der Waals surface area (Å²) in [4.78, 5) is 6.35. The smallest absolute Gasteiger partial charge is 0.0853 e. The van der Waals surface area contributed by atoms with Gasteiger partial charge in [0.05, 0.1) is 12.9 Å². The molecule has 0 aromatic carbocycles. The van der Waals surface area contributed by atoms with Crippen molar-refractivity contribution in [2.75, 3.05) is 19.7 Å². The van der Waals surface area contributed by atoms with Gasteiger partial charge in [-0.25, -0.2) is 0 Å². The summed E-state index contributed by atoms with van der Waals surface area (Å²) in [6, 6.07) is 0.492. The van der Waals surface area contributed by atoms with E-state index in [1.165, 1.54) is 0 Å². The first-order valence-corrected chi connectivity index (χ1v) is 4.25. The third-order valence-electron chi connectivity index (χ3n) is 2.12. The van der Waals surface area contributed by atoms with Gasteiger partial charge in [-0.2, -0.15) is 0 Å². The summed E-state index contributed by atoms with van der Waals surface area (Å²) in [7, 11) is 0. The van der Waals surface area contributed by atoms with Crippen molar-refractivity contribution in [1.29, 1.82) is 0 Å². The van der Waals surface area contributed by atoms with Gasteiger partial charge in [-0.3, -0.25) is 4.99 Å². The zero-order valence-electron chi connectivity index (χ0n) is 7.03. The molecule has 0 aromatic rings. The van der Waals surface area contributed by atoms with E-state index in [-0.39, 0.29) is 6.61 Å². The van der Waals surface area contributed by atoms with Gasteiger partial charge in [0.1, 0.15) is 0 Å². The highest BCUT2D eigenvalue weighted by Crippen LogP contribution is 2.08. The maximum absolute atomic E-state index is 8.76. The molecule has 1 unspecified atom stereocenters. The molecule has 0 radical (unpaired) electrons. The average Bonchev–Trinajstić information content (AvgIpc) is 2.52. The van der Waals surface area contributed by atoms with Crippen LogP contribution in [0.25, 0.3) is 0 Å². The molecular weight excluding hydrogens is 140 g/mol. The van der Waals surface area contributed by atoms with E-state index in [4.69, 9.17) is 5.11 Å². The first-order valence-electron chi connectivity index (χ1n) is 4.25. The van der Waals surface area contributed by atoms with E-state index in [1.54, 1.807) is 0 Å². The van der Waals surface area contributed by atoms with Crippen LogP contribution in [0.4, 0.5) is 0 Å². The van der Waals surface area contributed by atoms with Crippen LogP contribution in [0.15, 0.2) is 4.99 Å². The molecular formula is C8H16N2O. The number of hydrogen-bond donors (Lipinski definition) is 1. The second-order valence-corrected chi connectivity index (χ2v) is 2.83. The van der Waals surface area contributed by atoms with E-state index in [0.29, 0.717) is 6.04 Å². The second-order valence-electron chi connectivity index (χ2n) is 2.83. The topological polar surface area (TPSA) is 35.8 Å². The lowest BCUT2D eigenvalue weighted by Gasteiger charge is -2.24. The fourth-order valence-corrected chi connectivity index (χ4v) is 1.42. The van der Waals surface area contributed by atoms with Crippen LogP contribution in [0.3, 0.4) is 0 Å². The molecule has 0 spiro atoms. The standard InChI is InChI=1S/C8H16N2O/c1-2-8(3-6-11)10-5-4-9-7-10/h7-8,11H,2-6H2,1H3. The minimum absolute atomic E-state index is 0.281. The Kier molecular flexibility index (Phi) is 3.36. The van der Waals surface area contributed by atoms with Crippen molar-refractivity contribution >= 4 is 6.34 Å². The molecule has 0 fully saturated rings. The van der Waals surface area contributed by atoms with Crippen molar-refractivity contribution < 1.29 is 5.11 Å². The van der Waals surface area contributed by atoms with E-state index < -0.39 is 0 Å². The Balaban J connectivity index is 2.34. The molecule has 1 aliphatic rings. The molecule has 1 aliphatic heterocycles. The lowest BCUT2D eigenvalue weighted by molar-refractivity contribution is 0.225. The summed E-state index contributed by atoms with van der Waals surface area (Å²) in [5, 5.41) is 8.76. The van der Waals surface area contributed by atoms with Crippen molar-refractivity contribution in [3.05, 3.63) is 0 Å². The van der Waals surface area contributed by atoms with Crippen LogP contribution in [0, 0.1) is 0 Å². The number of aliphatic hydroxyl groups is 1. The van der Waals surface area contributed by atoms with Crippen molar-refractivity contribution in [2.45, 2.75) is 25.8 Å². The number of nitrogens with zero attached hydrogens (tertiary/aromatic N) is 2. The Hall–Kier alpha value is -0.570. The fraction of sp³-hybridized carbons (Fsp3) is 0.875. The number of aliphatic imine (C=N–C) groups is 1. The van der Waals surface area contributed by atoms with Crippen LogP contribution in [-0.4, -0.2) is 42.1 Å². The molecule has 0 aliphatic carbocycles. The number of aliphatic hydroxyl groups excluding tert-OH is 1. The Labute approximate surface area is 67.7 Å². The van der Waals surface area contributed by atoms with E-state index in [9.17, 15) is 0 Å². The quantitative estimate of drug-likeness (QED) is 0.643. The highest BCUT2D eigenvalue weighted by molar-refractivity contribution is 5.57. The Morgan fingerprint density at radius 3 is 3.00 bits per heavy atom. The minimum atomic E-state index is 0.281. The Morgan fingerprint density at radius 1 is 1.73 bits per heavy atom. The minimum Gasteiger partial charge on any atom is -0.396 e. The van der Waals surface area contributed by atoms with Crippen LogP contribution in [0.2, 0.25) is 0 Å². The molecule has 0 saturated carbocycles. The predicted molar refractivity (Wildman–Crippen MR) is 45.8 cm³/mol. The average molecular weight is 156 g/mol. The second kappa shape index (κ2) is 4.34. The lowest BCUT2D eigenvalue weighted by Crippen LogP contribution is -2.32. The molecule has 1 heterocycles. The summed E-state index contributed by atoms with van der Waals surface area (Å²) in [6.45, 7) is 4.37. The lowest BCUT2D eigenvalue weighted by atomic mass is 10.1. The van der Waals surface area contributed by atoms with Crippen LogP contribution in [-0.2, 0) is 0 Å². The monoisotopic (exact) mass is 156 g/mol.